The van der Waals surface area contributed by atoms with Crippen LogP contribution in [0.4, 0.5) is 0 Å². The highest BCUT2D eigenvalue weighted by Crippen LogP contribution is 2.20. The molecule has 1 aliphatic heterocycles. The van der Waals surface area contributed by atoms with Crippen LogP contribution in [0.25, 0.3) is 0 Å². The molecule has 0 aliphatic carbocycles. The average Bonchev–Trinajstić information content (AvgIpc) is 2.75. The van der Waals surface area contributed by atoms with Gasteiger partial charge in [0.15, 0.2) is 5.82 Å². The van der Waals surface area contributed by atoms with Crippen LogP contribution in [0.3, 0.4) is 0 Å². The maximum absolute atomic E-state index is 12.5. The summed E-state index contributed by atoms with van der Waals surface area (Å²) in [4.78, 5) is 18.8. The molecule has 0 N–H and O–H groups in total. The van der Waals surface area contributed by atoms with E-state index in [0.29, 0.717) is 19.0 Å². The van der Waals surface area contributed by atoms with Crippen molar-refractivity contribution in [1.29, 1.82) is 0 Å². The molecule has 94 valence electrons. The van der Waals surface area contributed by atoms with Crippen LogP contribution >= 0.6 is 0 Å². The Morgan fingerprint density at radius 1 is 1.41 bits per heavy atom. The molecule has 1 saturated heterocycles. The Kier molecular flexibility index (Phi) is 3.31. The third-order valence-electron chi connectivity index (χ3n) is 3.38. The van der Waals surface area contributed by atoms with Gasteiger partial charge in [0.25, 0.3) is 0 Å². The van der Waals surface area contributed by atoms with Gasteiger partial charge in [-0.1, -0.05) is 0 Å². The highest BCUT2D eigenvalue weighted by molar-refractivity contribution is 5.99. The van der Waals surface area contributed by atoms with E-state index >= 15 is 0 Å². The zero-order chi connectivity index (χ0) is 12.5. The third kappa shape index (κ3) is 2.25. The smallest absolute Gasteiger partial charge is 0.217 e. The summed E-state index contributed by atoms with van der Waals surface area (Å²) in [7, 11) is 1.84. The van der Waals surface area contributed by atoms with Crippen molar-refractivity contribution in [2.45, 2.75) is 19.4 Å². The van der Waals surface area contributed by atoms with Gasteiger partial charge in [0, 0.05) is 32.5 Å². The molecule has 0 radical (unpaired) electrons. The minimum Gasteiger partial charge on any atom is -0.379 e. The quantitative estimate of drug-likeness (QED) is 0.727. The zero-order valence-corrected chi connectivity index (χ0v) is 10.6. The fraction of sp³-hybridized carbons (Fsp3) is 0.667. The van der Waals surface area contributed by atoms with E-state index in [1.807, 2.05) is 20.9 Å². The van der Waals surface area contributed by atoms with Gasteiger partial charge in [-0.2, -0.15) is 0 Å². The van der Waals surface area contributed by atoms with Gasteiger partial charge in [0.1, 0.15) is 0 Å². The molecule has 1 aliphatic rings. The molecule has 0 spiro atoms. The minimum absolute atomic E-state index is 0.0619. The van der Waals surface area contributed by atoms with Gasteiger partial charge in [-0.25, -0.2) is 4.98 Å². The number of hydrogen-bond donors (Lipinski definition) is 0. The number of nitrogens with zero attached hydrogens (tertiary/aromatic N) is 3. The number of carbonyl (C=O) groups is 1. The van der Waals surface area contributed by atoms with Crippen LogP contribution in [0.5, 0.6) is 0 Å². The molecular formula is C12H19N3O2. The second kappa shape index (κ2) is 4.58. The third-order valence-corrected chi connectivity index (χ3v) is 3.38. The van der Waals surface area contributed by atoms with Crippen molar-refractivity contribution >= 4 is 5.78 Å². The summed E-state index contributed by atoms with van der Waals surface area (Å²) in [6.07, 6.45) is 3.45. The minimum atomic E-state index is -0.525. The van der Waals surface area contributed by atoms with Gasteiger partial charge >= 0.3 is 0 Å². The molecule has 0 saturated carbocycles. The lowest BCUT2D eigenvalue weighted by Crippen LogP contribution is -2.54. The lowest BCUT2D eigenvalue weighted by molar-refractivity contribution is -0.00477. The first-order chi connectivity index (χ1) is 8.03. The van der Waals surface area contributed by atoms with Crippen LogP contribution in [-0.2, 0) is 11.8 Å². The van der Waals surface area contributed by atoms with Gasteiger partial charge in [-0.3, -0.25) is 9.69 Å². The van der Waals surface area contributed by atoms with Crippen molar-refractivity contribution in [3.63, 3.8) is 0 Å². The summed E-state index contributed by atoms with van der Waals surface area (Å²) >= 11 is 0. The summed E-state index contributed by atoms with van der Waals surface area (Å²) < 4.78 is 7.08. The van der Waals surface area contributed by atoms with Gasteiger partial charge in [0.05, 0.1) is 18.8 Å². The van der Waals surface area contributed by atoms with E-state index in [9.17, 15) is 4.79 Å². The number of ether oxygens (including phenoxy) is 1. The van der Waals surface area contributed by atoms with E-state index in [1.165, 1.54) is 0 Å². The molecule has 2 heterocycles. The Balaban J connectivity index is 2.19. The van der Waals surface area contributed by atoms with Crippen molar-refractivity contribution < 1.29 is 9.53 Å². The summed E-state index contributed by atoms with van der Waals surface area (Å²) in [6, 6.07) is 0. The first kappa shape index (κ1) is 12.3. The molecule has 0 bridgehead atoms. The van der Waals surface area contributed by atoms with Crippen molar-refractivity contribution in [3.8, 4) is 0 Å². The largest absolute Gasteiger partial charge is 0.379 e. The Morgan fingerprint density at radius 2 is 2.06 bits per heavy atom. The number of Topliss-reactive ketones (excluding diaryl/α,β-unsaturated/α-hetero) is 1. The van der Waals surface area contributed by atoms with Crippen LogP contribution in [0.1, 0.15) is 24.5 Å². The number of carbonyl (C=O) groups excluding carboxylic acids is 1. The number of hydrogen-bond acceptors (Lipinski definition) is 4. The Morgan fingerprint density at radius 3 is 2.59 bits per heavy atom. The van der Waals surface area contributed by atoms with E-state index in [1.54, 1.807) is 17.0 Å². The number of imidazole rings is 1. The van der Waals surface area contributed by atoms with Crippen molar-refractivity contribution in [2.24, 2.45) is 7.05 Å². The van der Waals surface area contributed by atoms with E-state index < -0.39 is 5.54 Å². The molecule has 0 aromatic carbocycles. The van der Waals surface area contributed by atoms with Gasteiger partial charge < -0.3 is 9.30 Å². The molecule has 17 heavy (non-hydrogen) atoms. The first-order valence-corrected chi connectivity index (χ1v) is 5.88. The first-order valence-electron chi connectivity index (χ1n) is 5.88. The lowest BCUT2D eigenvalue weighted by Gasteiger charge is -2.39. The fourth-order valence-corrected chi connectivity index (χ4v) is 2.12. The van der Waals surface area contributed by atoms with E-state index in [4.69, 9.17) is 4.74 Å². The Hall–Kier alpha value is -1.20. The summed E-state index contributed by atoms with van der Waals surface area (Å²) in [6.45, 7) is 6.88. The van der Waals surface area contributed by atoms with Crippen molar-refractivity contribution in [1.82, 2.24) is 14.5 Å². The molecule has 1 aromatic rings. The molecule has 2 rings (SSSR count). The maximum Gasteiger partial charge on any atom is 0.217 e. The summed E-state index contributed by atoms with van der Waals surface area (Å²) in [5, 5.41) is 0. The normalized spacial score (nSPS) is 18.3. The molecular weight excluding hydrogens is 218 g/mol. The lowest BCUT2D eigenvalue weighted by atomic mass is 9.95. The highest BCUT2D eigenvalue weighted by Gasteiger charge is 2.37. The van der Waals surface area contributed by atoms with Crippen LogP contribution in [0, 0.1) is 0 Å². The van der Waals surface area contributed by atoms with E-state index in [2.05, 4.69) is 9.88 Å². The maximum atomic E-state index is 12.5. The Bertz CT molecular complexity index is 406. The van der Waals surface area contributed by atoms with Crippen LogP contribution < -0.4 is 0 Å². The van der Waals surface area contributed by atoms with E-state index in [-0.39, 0.29) is 5.78 Å². The molecule has 0 unspecified atom stereocenters. The number of aryl methyl sites for hydroxylation is 1. The van der Waals surface area contributed by atoms with Gasteiger partial charge in [-0.05, 0) is 13.8 Å². The second-order valence-corrected chi connectivity index (χ2v) is 4.85. The van der Waals surface area contributed by atoms with E-state index in [0.717, 1.165) is 13.1 Å². The summed E-state index contributed by atoms with van der Waals surface area (Å²) in [5.74, 6) is 0.577. The Labute approximate surface area is 101 Å². The summed E-state index contributed by atoms with van der Waals surface area (Å²) in [5.41, 5.74) is -0.525. The van der Waals surface area contributed by atoms with Crippen LogP contribution in [0.2, 0.25) is 0 Å². The average molecular weight is 237 g/mol. The zero-order valence-electron chi connectivity index (χ0n) is 10.6. The monoisotopic (exact) mass is 237 g/mol. The molecule has 5 nitrogen and oxygen atoms in total. The van der Waals surface area contributed by atoms with Crippen LogP contribution in [-0.4, -0.2) is 52.1 Å². The molecule has 0 amide bonds. The van der Waals surface area contributed by atoms with Gasteiger partial charge in [0.2, 0.25) is 5.78 Å². The van der Waals surface area contributed by atoms with Crippen LogP contribution in [0.15, 0.2) is 12.4 Å². The number of ketones is 1. The van der Waals surface area contributed by atoms with Gasteiger partial charge in [-0.15, -0.1) is 0 Å². The fourth-order valence-electron chi connectivity index (χ4n) is 2.12. The number of morpholine rings is 1. The highest BCUT2D eigenvalue weighted by atomic mass is 16.5. The number of rotatable bonds is 3. The molecule has 0 atom stereocenters. The molecule has 1 aromatic heterocycles. The predicted octanol–water partition coefficient (Wildman–Crippen LogP) is 0.714. The molecule has 5 heteroatoms. The predicted molar refractivity (Wildman–Crippen MR) is 64.0 cm³/mol. The second-order valence-electron chi connectivity index (χ2n) is 4.85. The standard InChI is InChI=1S/C12H19N3O2/c1-12(2,15-6-8-17-9-7-15)10(16)11-13-4-5-14(11)3/h4-5H,6-9H2,1-3H3. The molecule has 1 fully saturated rings. The van der Waals surface area contributed by atoms with Crippen molar-refractivity contribution in [3.05, 3.63) is 18.2 Å². The topological polar surface area (TPSA) is 47.4 Å². The van der Waals surface area contributed by atoms with Crippen molar-refractivity contribution in [2.75, 3.05) is 26.3 Å². The SMILES string of the molecule is Cn1ccnc1C(=O)C(C)(C)N1CCOCC1. The number of aromatic nitrogens is 2.